The summed E-state index contributed by atoms with van der Waals surface area (Å²) in [5.41, 5.74) is 2.87. The number of anilines is 1. The molecule has 0 bridgehead atoms. The van der Waals surface area contributed by atoms with Gasteiger partial charge in [-0.25, -0.2) is 0 Å². The highest BCUT2D eigenvalue weighted by molar-refractivity contribution is 7.99. The number of rotatable bonds is 8. The molecule has 0 spiro atoms. The van der Waals surface area contributed by atoms with E-state index in [1.165, 1.54) is 11.8 Å². The van der Waals surface area contributed by atoms with Crippen LogP contribution in [0.2, 0.25) is 0 Å². The lowest BCUT2D eigenvalue weighted by atomic mass is 10.1. The molecule has 3 aromatic carbocycles. The summed E-state index contributed by atoms with van der Waals surface area (Å²) in [6.45, 7) is 2.67. The number of thioether (sulfide) groups is 1. The molecule has 5 rings (SSSR count). The van der Waals surface area contributed by atoms with Gasteiger partial charge in [-0.1, -0.05) is 42.1 Å². The number of fused-ring (bicyclic) bond motifs is 3. The number of ether oxygens (including phenoxy) is 2. The maximum absolute atomic E-state index is 12.8. The molecule has 0 aliphatic carbocycles. The molecule has 0 radical (unpaired) electrons. The van der Waals surface area contributed by atoms with E-state index < -0.39 is 0 Å². The van der Waals surface area contributed by atoms with Crippen LogP contribution in [-0.4, -0.2) is 40.6 Å². The van der Waals surface area contributed by atoms with E-state index in [0.29, 0.717) is 34.5 Å². The molecule has 0 saturated heterocycles. The van der Waals surface area contributed by atoms with Crippen LogP contribution < -0.4 is 14.8 Å². The Morgan fingerprint density at radius 2 is 1.74 bits per heavy atom. The predicted molar refractivity (Wildman–Crippen MR) is 137 cm³/mol. The monoisotopic (exact) mass is 488 g/mol. The number of nitrogens with one attached hydrogen (secondary N) is 1. The fourth-order valence-corrected chi connectivity index (χ4v) is 4.85. The van der Waals surface area contributed by atoms with Crippen molar-refractivity contribution in [2.24, 2.45) is 0 Å². The summed E-state index contributed by atoms with van der Waals surface area (Å²) in [5.74, 6) is 1.96. The maximum atomic E-state index is 12.8. The molecule has 0 aliphatic rings. The number of hydrogen-bond donors (Lipinski definition) is 1. The zero-order valence-corrected chi connectivity index (χ0v) is 20.4. The van der Waals surface area contributed by atoms with Crippen LogP contribution in [0.5, 0.6) is 11.5 Å². The van der Waals surface area contributed by atoms with Gasteiger partial charge >= 0.3 is 0 Å². The van der Waals surface area contributed by atoms with Crippen molar-refractivity contribution in [1.29, 1.82) is 0 Å². The van der Waals surface area contributed by atoms with Crippen LogP contribution in [0.15, 0.2) is 70.2 Å². The van der Waals surface area contributed by atoms with E-state index in [2.05, 4.69) is 15.5 Å². The van der Waals surface area contributed by atoms with Crippen molar-refractivity contribution in [2.75, 3.05) is 25.3 Å². The average molecular weight is 489 g/mol. The summed E-state index contributed by atoms with van der Waals surface area (Å²) in [7, 11) is 3.21. The van der Waals surface area contributed by atoms with Crippen molar-refractivity contribution in [3.8, 4) is 22.9 Å². The first-order valence-corrected chi connectivity index (χ1v) is 12.1. The van der Waals surface area contributed by atoms with Gasteiger partial charge in [0.05, 0.1) is 31.2 Å². The predicted octanol–water partition coefficient (Wildman–Crippen LogP) is 5.61. The molecule has 0 fully saturated rings. The minimum absolute atomic E-state index is 0.158. The summed E-state index contributed by atoms with van der Waals surface area (Å²) >= 11 is 1.32. The first-order chi connectivity index (χ1) is 17.1. The third-order valence-corrected chi connectivity index (χ3v) is 6.65. The van der Waals surface area contributed by atoms with E-state index >= 15 is 0 Å². The van der Waals surface area contributed by atoms with E-state index in [1.807, 2.05) is 66.1 Å². The zero-order valence-electron chi connectivity index (χ0n) is 19.6. The second-order valence-corrected chi connectivity index (χ2v) is 8.68. The Bertz CT molecular complexity index is 1520. The first-order valence-electron chi connectivity index (χ1n) is 11.1. The molecule has 0 aliphatic heterocycles. The molecular weight excluding hydrogens is 464 g/mol. The molecule has 9 heteroatoms. The van der Waals surface area contributed by atoms with Crippen LogP contribution in [0.4, 0.5) is 5.69 Å². The van der Waals surface area contributed by atoms with Crippen molar-refractivity contribution < 1.29 is 18.7 Å². The smallest absolute Gasteiger partial charge is 0.234 e. The normalized spacial score (nSPS) is 11.2. The fraction of sp³-hybridized carbons (Fsp3) is 0.192. The van der Waals surface area contributed by atoms with Gasteiger partial charge in [-0.05, 0) is 31.2 Å². The molecule has 35 heavy (non-hydrogen) atoms. The van der Waals surface area contributed by atoms with Crippen LogP contribution in [0, 0.1) is 0 Å². The molecule has 1 amide bonds. The van der Waals surface area contributed by atoms with Crippen molar-refractivity contribution in [3.63, 3.8) is 0 Å². The molecule has 5 aromatic rings. The lowest BCUT2D eigenvalue weighted by molar-refractivity contribution is -0.113. The molecular formula is C26H24N4O4S. The molecule has 8 nitrogen and oxygen atoms in total. The van der Waals surface area contributed by atoms with Gasteiger partial charge < -0.3 is 23.8 Å². The fourth-order valence-electron chi connectivity index (χ4n) is 4.04. The Kier molecular flexibility index (Phi) is 6.33. The van der Waals surface area contributed by atoms with Crippen LogP contribution in [0.25, 0.3) is 33.3 Å². The standard InChI is InChI=1S/C26H24N4O4S/c1-4-30-25(17-10-6-7-11-20(17)32-2)28-29-26(30)35-15-24(31)27-19-14-22-18(13-23(19)33-3)16-9-5-8-12-21(16)34-22/h5-14H,4,15H2,1-3H3,(H,27,31). The highest BCUT2D eigenvalue weighted by Crippen LogP contribution is 2.36. The molecule has 0 saturated carbocycles. The SMILES string of the molecule is CCn1c(SCC(=O)Nc2cc3oc4ccccc4c3cc2OC)nnc1-c1ccccc1OC. The first kappa shape index (κ1) is 22.8. The number of nitrogens with zero attached hydrogens (tertiary/aromatic N) is 3. The lowest BCUT2D eigenvalue weighted by Crippen LogP contribution is -2.15. The third kappa shape index (κ3) is 4.30. The number of benzene rings is 3. The van der Waals surface area contributed by atoms with Gasteiger partial charge in [0.1, 0.15) is 22.7 Å². The summed E-state index contributed by atoms with van der Waals surface area (Å²) in [6, 6.07) is 19.2. The number of carbonyl (C=O) groups is 1. The van der Waals surface area contributed by atoms with Crippen LogP contribution in [0.1, 0.15) is 6.92 Å². The van der Waals surface area contributed by atoms with Gasteiger partial charge in [-0.2, -0.15) is 0 Å². The number of carbonyl (C=O) groups excluding carboxylic acids is 1. The molecule has 2 aromatic heterocycles. The second-order valence-electron chi connectivity index (χ2n) is 7.73. The van der Waals surface area contributed by atoms with Crippen molar-refractivity contribution in [3.05, 3.63) is 60.7 Å². The largest absolute Gasteiger partial charge is 0.496 e. The number of para-hydroxylation sites is 2. The summed E-state index contributed by atoms with van der Waals surface area (Å²) < 4.78 is 18.9. The topological polar surface area (TPSA) is 91.4 Å². The number of hydrogen-bond acceptors (Lipinski definition) is 7. The highest BCUT2D eigenvalue weighted by Gasteiger charge is 2.18. The van der Waals surface area contributed by atoms with E-state index in [9.17, 15) is 4.79 Å². The minimum Gasteiger partial charge on any atom is -0.496 e. The van der Waals surface area contributed by atoms with E-state index in [0.717, 1.165) is 27.7 Å². The second kappa shape index (κ2) is 9.71. The maximum Gasteiger partial charge on any atom is 0.234 e. The summed E-state index contributed by atoms with van der Waals surface area (Å²) in [5, 5.41) is 14.2. The molecule has 1 N–H and O–H groups in total. The minimum atomic E-state index is -0.187. The van der Waals surface area contributed by atoms with Crippen LogP contribution in [0.3, 0.4) is 0 Å². The van der Waals surface area contributed by atoms with Crippen LogP contribution >= 0.6 is 11.8 Å². The average Bonchev–Trinajstić information content (AvgIpc) is 3.47. The van der Waals surface area contributed by atoms with Gasteiger partial charge in [-0.3, -0.25) is 4.79 Å². The quantitative estimate of drug-likeness (QED) is 0.284. The molecule has 2 heterocycles. The highest BCUT2D eigenvalue weighted by atomic mass is 32.2. The van der Waals surface area contributed by atoms with Gasteiger partial charge in [0.2, 0.25) is 5.91 Å². The van der Waals surface area contributed by atoms with E-state index in [4.69, 9.17) is 13.9 Å². The Morgan fingerprint density at radius 3 is 2.54 bits per heavy atom. The Balaban J connectivity index is 1.35. The molecule has 178 valence electrons. The number of methoxy groups -OCH3 is 2. The van der Waals surface area contributed by atoms with Gasteiger partial charge in [-0.15, -0.1) is 10.2 Å². The Hall–Kier alpha value is -3.98. The van der Waals surface area contributed by atoms with Crippen molar-refractivity contribution in [2.45, 2.75) is 18.6 Å². The van der Waals surface area contributed by atoms with E-state index in [1.54, 1.807) is 20.3 Å². The van der Waals surface area contributed by atoms with E-state index in [-0.39, 0.29) is 11.7 Å². The van der Waals surface area contributed by atoms with Gasteiger partial charge in [0.25, 0.3) is 0 Å². The summed E-state index contributed by atoms with van der Waals surface area (Å²) in [4.78, 5) is 12.8. The Labute approximate surface area is 206 Å². The third-order valence-electron chi connectivity index (χ3n) is 5.69. The van der Waals surface area contributed by atoms with Gasteiger partial charge in [0.15, 0.2) is 11.0 Å². The Morgan fingerprint density at radius 1 is 0.971 bits per heavy atom. The molecule has 0 unspecified atom stereocenters. The van der Waals surface area contributed by atoms with Gasteiger partial charge in [0, 0.05) is 23.4 Å². The number of furan rings is 1. The van der Waals surface area contributed by atoms with Crippen molar-refractivity contribution in [1.82, 2.24) is 14.8 Å². The zero-order chi connectivity index (χ0) is 24.4. The van der Waals surface area contributed by atoms with Crippen LogP contribution in [-0.2, 0) is 11.3 Å². The lowest BCUT2D eigenvalue weighted by Gasteiger charge is -2.11. The number of aromatic nitrogens is 3. The number of amides is 1. The van der Waals surface area contributed by atoms with Crippen molar-refractivity contribution >= 4 is 45.3 Å². The summed E-state index contributed by atoms with van der Waals surface area (Å²) in [6.07, 6.45) is 0. The molecule has 0 atom stereocenters.